The zero-order chi connectivity index (χ0) is 25.4. The lowest BCUT2D eigenvalue weighted by atomic mass is 9.96. The van der Waals surface area contributed by atoms with Crippen LogP contribution in [0.1, 0.15) is 21.6 Å². The molecule has 36 heavy (non-hydrogen) atoms. The van der Waals surface area contributed by atoms with E-state index in [-0.39, 0.29) is 35.5 Å². The lowest BCUT2D eigenvalue weighted by Crippen LogP contribution is -2.52. The smallest absolute Gasteiger partial charge is 0.416 e. The fourth-order valence-electron chi connectivity index (χ4n) is 4.32. The van der Waals surface area contributed by atoms with Gasteiger partial charge in [0.15, 0.2) is 5.13 Å². The van der Waals surface area contributed by atoms with Gasteiger partial charge < -0.3 is 20.4 Å². The van der Waals surface area contributed by atoms with Crippen LogP contribution >= 0.6 is 22.9 Å². The summed E-state index contributed by atoms with van der Waals surface area (Å²) in [6, 6.07) is 8.84. The van der Waals surface area contributed by atoms with Gasteiger partial charge in [0.05, 0.1) is 28.6 Å². The predicted octanol–water partition coefficient (Wildman–Crippen LogP) is 2.70. The minimum Gasteiger partial charge on any atom is -0.492 e. The number of aliphatic hydroxyl groups is 1. The quantitative estimate of drug-likeness (QED) is 0.467. The molecule has 0 spiro atoms. The van der Waals surface area contributed by atoms with Crippen molar-refractivity contribution in [2.45, 2.75) is 18.6 Å². The largest absolute Gasteiger partial charge is 0.492 e. The number of fused-ring (bicyclic) bond motifs is 1. The van der Waals surface area contributed by atoms with Gasteiger partial charge in [-0.3, -0.25) is 0 Å². The molecule has 1 atom stereocenters. The van der Waals surface area contributed by atoms with E-state index in [4.69, 9.17) is 11.6 Å². The third kappa shape index (κ3) is 4.96. The van der Waals surface area contributed by atoms with Crippen molar-refractivity contribution in [1.82, 2.24) is 10.3 Å². The Morgan fingerprint density at radius 1 is 1.22 bits per heavy atom. The molecule has 1 saturated heterocycles. The molecule has 12 heteroatoms. The molecule has 0 aliphatic carbocycles. The van der Waals surface area contributed by atoms with E-state index in [2.05, 4.69) is 20.5 Å². The van der Waals surface area contributed by atoms with Crippen molar-refractivity contribution >= 4 is 39.9 Å². The second-order valence-electron chi connectivity index (χ2n) is 8.50. The molecule has 2 aliphatic rings. The number of alkyl halides is 3. The van der Waals surface area contributed by atoms with E-state index in [9.17, 15) is 23.4 Å². The van der Waals surface area contributed by atoms with Crippen LogP contribution in [0, 0.1) is 0 Å². The average molecular weight is 536 g/mol. The molecule has 7 nitrogen and oxygen atoms in total. The molecule has 188 valence electrons. The van der Waals surface area contributed by atoms with Crippen LogP contribution in [0.5, 0.6) is 5.88 Å². The van der Waals surface area contributed by atoms with Crippen LogP contribution in [-0.2, 0) is 12.6 Å². The van der Waals surface area contributed by atoms with Crippen LogP contribution in [0.3, 0.4) is 0 Å². The number of halogens is 4. The summed E-state index contributed by atoms with van der Waals surface area (Å²) in [5, 5.41) is 33.3. The number of piperazine rings is 1. The molecule has 0 bridgehead atoms. The lowest BCUT2D eigenvalue weighted by Gasteiger charge is -2.32. The number of nitrogens with one attached hydrogen (secondary N) is 1. The number of hydrogen-bond donors (Lipinski definition) is 3. The van der Waals surface area contributed by atoms with E-state index in [1.165, 1.54) is 23.5 Å². The molecule has 3 heterocycles. The van der Waals surface area contributed by atoms with Gasteiger partial charge in [-0.15, -0.1) is 0 Å². The van der Waals surface area contributed by atoms with E-state index in [0.717, 1.165) is 11.6 Å². The fourth-order valence-corrected chi connectivity index (χ4v) is 5.55. The standard InChI is InChI=1S/C24H21ClF3N5O2S/c25-16-3-1-14(19(9-16)24(26,27)28)8-18(13-2-4-20-15(7-13)10-30-32-20)21-22(35)31-23(36-21)33-6-5-29-17(11-33)12-34/h1-4,7,9-10,17,29,34-35H,5-6,8,11-12H2/t17-/m1/s1. The summed E-state index contributed by atoms with van der Waals surface area (Å²) in [5.41, 5.74) is 0.412. The van der Waals surface area contributed by atoms with Crippen molar-refractivity contribution in [1.29, 1.82) is 0 Å². The number of aromatic hydroxyl groups is 1. The number of hydrogen-bond acceptors (Lipinski definition) is 8. The number of aliphatic hydroxyl groups excluding tert-OH is 1. The number of thiazole rings is 1. The lowest BCUT2D eigenvalue weighted by molar-refractivity contribution is -0.138. The van der Waals surface area contributed by atoms with Crippen molar-refractivity contribution < 1.29 is 23.4 Å². The molecule has 1 fully saturated rings. The van der Waals surface area contributed by atoms with Gasteiger partial charge in [0.1, 0.15) is 0 Å². The summed E-state index contributed by atoms with van der Waals surface area (Å²) in [6.45, 7) is 1.69. The molecule has 2 aromatic carbocycles. The highest BCUT2D eigenvalue weighted by atomic mass is 35.5. The Kier molecular flexibility index (Phi) is 6.73. The Bertz CT molecular complexity index is 1460. The Hall–Kier alpha value is -2.99. The molecule has 3 aromatic rings. The zero-order valence-corrected chi connectivity index (χ0v) is 20.3. The molecule has 0 radical (unpaired) electrons. The highest BCUT2D eigenvalue weighted by Crippen LogP contribution is 2.39. The second-order valence-corrected chi connectivity index (χ2v) is 9.92. The maximum Gasteiger partial charge on any atom is 0.416 e. The minimum atomic E-state index is -4.60. The van der Waals surface area contributed by atoms with Crippen LogP contribution < -0.4 is 20.8 Å². The molecule has 0 amide bonds. The predicted molar refractivity (Wildman–Crippen MR) is 132 cm³/mol. The van der Waals surface area contributed by atoms with Gasteiger partial charge in [-0.2, -0.15) is 28.4 Å². The summed E-state index contributed by atoms with van der Waals surface area (Å²) in [4.78, 5) is 6.65. The van der Waals surface area contributed by atoms with E-state index in [1.54, 1.807) is 24.4 Å². The fraction of sp³-hybridized carbons (Fsp3) is 0.292. The SMILES string of the molecule is OC[C@H]1CN(c2nc(O)c(C(Cc3ccc(Cl)cc3C(F)(F)F)=c3ccc4c(c3)C=NN=4)s2)CCN1. The van der Waals surface area contributed by atoms with Crippen LogP contribution in [0.15, 0.2) is 46.6 Å². The van der Waals surface area contributed by atoms with E-state index >= 15 is 0 Å². The highest BCUT2D eigenvalue weighted by Gasteiger charge is 2.34. The molecular formula is C24H21ClF3N5O2S. The molecule has 0 unspecified atom stereocenters. The van der Waals surface area contributed by atoms with Crippen molar-refractivity contribution in [2.75, 3.05) is 31.1 Å². The average Bonchev–Trinajstić information content (AvgIpc) is 3.48. The highest BCUT2D eigenvalue weighted by molar-refractivity contribution is 7.17. The Labute approximate surface area is 212 Å². The first-order valence-corrected chi connectivity index (χ1v) is 12.3. The van der Waals surface area contributed by atoms with Crippen molar-refractivity contribution in [3.63, 3.8) is 0 Å². The van der Waals surface area contributed by atoms with Crippen LogP contribution in [0.25, 0.3) is 5.57 Å². The topological polar surface area (TPSA) is 93.3 Å². The van der Waals surface area contributed by atoms with Gasteiger partial charge in [0.25, 0.3) is 0 Å². The third-order valence-corrected chi connectivity index (χ3v) is 7.50. The summed E-state index contributed by atoms with van der Waals surface area (Å²) < 4.78 is 41.6. The Balaban J connectivity index is 1.64. The van der Waals surface area contributed by atoms with Gasteiger partial charge in [-0.25, -0.2) is 0 Å². The number of anilines is 1. The van der Waals surface area contributed by atoms with Crippen LogP contribution in [0.2, 0.25) is 5.02 Å². The molecule has 3 N–H and O–H groups in total. The first-order chi connectivity index (χ1) is 17.2. The normalized spacial score (nSPS) is 18.2. The Morgan fingerprint density at radius 3 is 2.83 bits per heavy atom. The van der Waals surface area contributed by atoms with Gasteiger partial charge in [-0.05, 0) is 40.6 Å². The molecule has 5 rings (SSSR count). The number of nitrogens with zero attached hydrogens (tertiary/aromatic N) is 4. The maximum absolute atomic E-state index is 13.9. The van der Waals surface area contributed by atoms with Gasteiger partial charge >= 0.3 is 6.18 Å². The molecule has 1 aromatic heterocycles. The summed E-state index contributed by atoms with van der Waals surface area (Å²) in [6.07, 6.45) is -3.14. The molecular weight excluding hydrogens is 515 g/mol. The maximum atomic E-state index is 13.9. The molecule has 2 aliphatic heterocycles. The van der Waals surface area contributed by atoms with E-state index in [0.29, 0.717) is 45.8 Å². The number of aromatic nitrogens is 1. The van der Waals surface area contributed by atoms with Gasteiger partial charge in [0, 0.05) is 42.7 Å². The summed E-state index contributed by atoms with van der Waals surface area (Å²) in [5.74, 6) is -0.259. The second kappa shape index (κ2) is 9.81. The number of benzene rings is 2. The number of rotatable bonds is 5. The first kappa shape index (κ1) is 24.7. The molecule has 0 saturated carbocycles. The minimum absolute atomic E-state index is 0.0111. The van der Waals surface area contributed by atoms with Gasteiger partial charge in [0.2, 0.25) is 5.88 Å². The van der Waals surface area contributed by atoms with Crippen LogP contribution in [0.4, 0.5) is 18.3 Å². The van der Waals surface area contributed by atoms with Crippen molar-refractivity contribution in [3.05, 3.63) is 73.6 Å². The third-order valence-electron chi connectivity index (χ3n) is 6.10. The summed E-state index contributed by atoms with van der Waals surface area (Å²) in [7, 11) is 0. The summed E-state index contributed by atoms with van der Waals surface area (Å²) >= 11 is 7.09. The van der Waals surface area contributed by atoms with E-state index in [1.807, 2.05) is 4.90 Å². The zero-order valence-electron chi connectivity index (χ0n) is 18.8. The Morgan fingerprint density at radius 2 is 2.06 bits per heavy atom. The van der Waals surface area contributed by atoms with Crippen molar-refractivity contribution in [2.24, 2.45) is 10.2 Å². The first-order valence-electron chi connectivity index (χ1n) is 11.1. The monoisotopic (exact) mass is 535 g/mol. The van der Waals surface area contributed by atoms with Crippen LogP contribution in [-0.4, -0.2) is 53.7 Å². The van der Waals surface area contributed by atoms with Crippen molar-refractivity contribution in [3.8, 4) is 5.88 Å². The van der Waals surface area contributed by atoms with Gasteiger partial charge in [-0.1, -0.05) is 35.1 Å². The van der Waals surface area contributed by atoms with E-state index < -0.39 is 11.7 Å².